The van der Waals surface area contributed by atoms with Gasteiger partial charge in [-0.1, -0.05) is 56.4 Å². The Morgan fingerprint density at radius 1 is 1.29 bits per heavy atom. The lowest BCUT2D eigenvalue weighted by Gasteiger charge is -2.04. The van der Waals surface area contributed by atoms with Crippen LogP contribution in [-0.4, -0.2) is 4.99 Å². The Morgan fingerprint density at radius 2 is 1.86 bits per heavy atom. The Kier molecular flexibility index (Phi) is 3.84. The van der Waals surface area contributed by atoms with Crippen LogP contribution in [-0.2, 0) is 0 Å². The van der Waals surface area contributed by atoms with Crippen molar-refractivity contribution in [2.75, 3.05) is 0 Å². The Bertz CT molecular complexity index is 336. The summed E-state index contributed by atoms with van der Waals surface area (Å²) in [6, 6.07) is 8.40. The van der Waals surface area contributed by atoms with E-state index in [0.717, 1.165) is 5.56 Å². The fourth-order valence-corrected chi connectivity index (χ4v) is 1.24. The van der Waals surface area contributed by atoms with Gasteiger partial charge in [-0.25, -0.2) is 0 Å². The molecule has 0 amide bonds. The van der Waals surface area contributed by atoms with Crippen LogP contribution in [0.4, 0.5) is 0 Å². The molecule has 0 aliphatic carbocycles. The summed E-state index contributed by atoms with van der Waals surface area (Å²) in [5.41, 5.74) is 7.83. The minimum Gasteiger partial charge on any atom is -0.390 e. The molecule has 2 N–H and O–H groups in total. The van der Waals surface area contributed by atoms with E-state index in [1.807, 2.05) is 6.08 Å². The zero-order valence-electron chi connectivity index (χ0n) is 8.53. The lowest BCUT2D eigenvalue weighted by molar-refractivity contribution is 0.866. The molecule has 0 fully saturated rings. The van der Waals surface area contributed by atoms with Gasteiger partial charge < -0.3 is 5.73 Å². The molecule has 1 rings (SSSR count). The molecule has 14 heavy (non-hydrogen) atoms. The summed E-state index contributed by atoms with van der Waals surface area (Å²) in [4.78, 5) is 0.415. The van der Waals surface area contributed by atoms with E-state index in [0.29, 0.717) is 10.9 Å². The number of hydrogen-bond acceptors (Lipinski definition) is 1. The Morgan fingerprint density at radius 3 is 2.29 bits per heavy atom. The lowest BCUT2D eigenvalue weighted by Crippen LogP contribution is -2.01. The molecule has 0 atom stereocenters. The summed E-state index contributed by atoms with van der Waals surface area (Å²) < 4.78 is 0. The predicted octanol–water partition coefficient (Wildman–Crippen LogP) is 3.11. The van der Waals surface area contributed by atoms with Crippen molar-refractivity contribution >= 4 is 23.3 Å². The van der Waals surface area contributed by atoms with E-state index in [-0.39, 0.29) is 0 Å². The number of rotatable bonds is 3. The van der Waals surface area contributed by atoms with Gasteiger partial charge in [-0.2, -0.15) is 0 Å². The van der Waals surface area contributed by atoms with E-state index in [4.69, 9.17) is 18.0 Å². The summed E-state index contributed by atoms with van der Waals surface area (Å²) in [5, 5.41) is 0. The number of thiocarbonyl (C=S) groups is 1. The number of nitrogens with two attached hydrogens (primary N) is 1. The molecule has 0 bridgehead atoms. The van der Waals surface area contributed by atoms with Crippen molar-refractivity contribution in [1.29, 1.82) is 0 Å². The molecule has 74 valence electrons. The van der Waals surface area contributed by atoms with E-state index in [1.54, 1.807) is 6.08 Å². The molecule has 0 heterocycles. The minimum atomic E-state index is 0.415. The first-order chi connectivity index (χ1) is 6.59. The third-order valence-electron chi connectivity index (χ3n) is 2.04. The van der Waals surface area contributed by atoms with Gasteiger partial charge in [0.15, 0.2) is 0 Å². The normalized spacial score (nSPS) is 11.1. The minimum absolute atomic E-state index is 0.415. The van der Waals surface area contributed by atoms with Crippen LogP contribution < -0.4 is 5.73 Å². The fraction of sp³-hybridized carbons (Fsp3) is 0.250. The van der Waals surface area contributed by atoms with Crippen molar-refractivity contribution < 1.29 is 0 Å². The molecule has 1 aromatic rings. The van der Waals surface area contributed by atoms with E-state index >= 15 is 0 Å². The molecule has 0 aliphatic heterocycles. The summed E-state index contributed by atoms with van der Waals surface area (Å²) in [6.07, 6.45) is 3.66. The average molecular weight is 205 g/mol. The summed E-state index contributed by atoms with van der Waals surface area (Å²) in [6.45, 7) is 4.36. The molecule has 0 aromatic heterocycles. The summed E-state index contributed by atoms with van der Waals surface area (Å²) in [7, 11) is 0. The SMILES string of the molecule is CC(C)c1ccc(/C=C/C(N)=S)cc1. The van der Waals surface area contributed by atoms with Gasteiger partial charge in [0.05, 0.1) is 4.99 Å². The molecule has 2 heteroatoms. The molecule has 1 aromatic carbocycles. The number of benzene rings is 1. The monoisotopic (exact) mass is 205 g/mol. The number of hydrogen-bond donors (Lipinski definition) is 1. The van der Waals surface area contributed by atoms with E-state index in [9.17, 15) is 0 Å². The van der Waals surface area contributed by atoms with Crippen LogP contribution in [0.1, 0.15) is 30.9 Å². The van der Waals surface area contributed by atoms with Gasteiger partial charge in [0.25, 0.3) is 0 Å². The molecule has 0 spiro atoms. The molecule has 0 saturated heterocycles. The first kappa shape index (κ1) is 10.9. The van der Waals surface area contributed by atoms with Gasteiger partial charge in [0.1, 0.15) is 0 Å². The van der Waals surface area contributed by atoms with Gasteiger partial charge in [-0.05, 0) is 23.1 Å². The molecular weight excluding hydrogens is 190 g/mol. The highest BCUT2D eigenvalue weighted by Gasteiger charge is 1.96. The third-order valence-corrected chi connectivity index (χ3v) is 2.18. The van der Waals surface area contributed by atoms with Crippen LogP contribution in [0.2, 0.25) is 0 Å². The molecular formula is C12H15NS. The highest BCUT2D eigenvalue weighted by atomic mass is 32.1. The summed E-state index contributed by atoms with van der Waals surface area (Å²) in [5.74, 6) is 0.573. The highest BCUT2D eigenvalue weighted by molar-refractivity contribution is 7.80. The van der Waals surface area contributed by atoms with Gasteiger partial charge in [-0.15, -0.1) is 0 Å². The van der Waals surface area contributed by atoms with E-state index in [2.05, 4.69) is 38.1 Å². The van der Waals surface area contributed by atoms with Crippen LogP contribution in [0.25, 0.3) is 6.08 Å². The van der Waals surface area contributed by atoms with Crippen LogP contribution in [0, 0.1) is 0 Å². The Labute approximate surface area is 90.6 Å². The fourth-order valence-electron chi connectivity index (χ4n) is 1.17. The smallest absolute Gasteiger partial charge is 0.0962 e. The van der Waals surface area contributed by atoms with Crippen molar-refractivity contribution in [2.45, 2.75) is 19.8 Å². The quantitative estimate of drug-likeness (QED) is 0.606. The zero-order chi connectivity index (χ0) is 10.6. The third kappa shape index (κ3) is 3.30. The topological polar surface area (TPSA) is 26.0 Å². The Hall–Kier alpha value is -1.15. The average Bonchev–Trinajstić information content (AvgIpc) is 2.15. The van der Waals surface area contributed by atoms with Crippen LogP contribution >= 0.6 is 12.2 Å². The van der Waals surface area contributed by atoms with Crippen LogP contribution in [0.5, 0.6) is 0 Å². The largest absolute Gasteiger partial charge is 0.390 e. The Balaban J connectivity index is 2.78. The van der Waals surface area contributed by atoms with Crippen LogP contribution in [0.3, 0.4) is 0 Å². The van der Waals surface area contributed by atoms with Gasteiger partial charge >= 0.3 is 0 Å². The van der Waals surface area contributed by atoms with E-state index in [1.165, 1.54) is 5.56 Å². The van der Waals surface area contributed by atoms with Gasteiger partial charge in [0, 0.05) is 0 Å². The zero-order valence-corrected chi connectivity index (χ0v) is 9.34. The standard InChI is InChI=1S/C12H15NS/c1-9(2)11-6-3-10(4-7-11)5-8-12(13)14/h3-9H,1-2H3,(H2,13,14)/b8-5+. The van der Waals surface area contributed by atoms with Crippen molar-refractivity contribution in [3.63, 3.8) is 0 Å². The van der Waals surface area contributed by atoms with Gasteiger partial charge in [-0.3, -0.25) is 0 Å². The summed E-state index contributed by atoms with van der Waals surface area (Å²) >= 11 is 4.75. The maximum atomic E-state index is 5.36. The van der Waals surface area contributed by atoms with Crippen LogP contribution in [0.15, 0.2) is 30.3 Å². The molecule has 0 unspecified atom stereocenters. The molecule has 0 saturated carbocycles. The second-order valence-electron chi connectivity index (χ2n) is 3.56. The first-order valence-corrected chi connectivity index (χ1v) is 5.08. The van der Waals surface area contributed by atoms with Crippen molar-refractivity contribution in [2.24, 2.45) is 5.73 Å². The molecule has 0 aliphatic rings. The van der Waals surface area contributed by atoms with Crippen molar-refractivity contribution in [1.82, 2.24) is 0 Å². The predicted molar refractivity (Wildman–Crippen MR) is 66.4 cm³/mol. The highest BCUT2D eigenvalue weighted by Crippen LogP contribution is 2.15. The molecule has 0 radical (unpaired) electrons. The molecule has 1 nitrogen and oxygen atoms in total. The van der Waals surface area contributed by atoms with Crippen molar-refractivity contribution in [3.05, 3.63) is 41.5 Å². The second-order valence-corrected chi connectivity index (χ2v) is 4.03. The lowest BCUT2D eigenvalue weighted by atomic mass is 10.0. The second kappa shape index (κ2) is 4.91. The van der Waals surface area contributed by atoms with Crippen molar-refractivity contribution in [3.8, 4) is 0 Å². The first-order valence-electron chi connectivity index (χ1n) is 4.67. The van der Waals surface area contributed by atoms with E-state index < -0.39 is 0 Å². The maximum absolute atomic E-state index is 5.36. The van der Waals surface area contributed by atoms with Gasteiger partial charge in [0.2, 0.25) is 0 Å². The maximum Gasteiger partial charge on any atom is 0.0962 e.